The summed E-state index contributed by atoms with van der Waals surface area (Å²) in [5, 5.41) is 4.09. The van der Waals surface area contributed by atoms with E-state index in [2.05, 4.69) is 10.5 Å². The minimum Gasteiger partial charge on any atom is -0.490 e. The number of nitrogens with one attached hydrogen (secondary N) is 1. The molecule has 0 aromatic heterocycles. The molecule has 0 fully saturated rings. The number of amides is 2. The van der Waals surface area contributed by atoms with Crippen molar-refractivity contribution in [2.24, 2.45) is 10.8 Å². The molecule has 0 aliphatic rings. The molecule has 0 aliphatic carbocycles. The second-order valence-electron chi connectivity index (χ2n) is 3.85. The van der Waals surface area contributed by atoms with Crippen LogP contribution in [0.5, 0.6) is 11.5 Å². The second-order valence-corrected chi connectivity index (χ2v) is 4.25. The van der Waals surface area contributed by atoms with E-state index in [0.717, 1.165) is 6.42 Å². The Morgan fingerprint density at radius 3 is 2.80 bits per heavy atom. The maximum atomic E-state index is 10.5. The number of ether oxygens (including phenoxy) is 2. The largest absolute Gasteiger partial charge is 0.490 e. The monoisotopic (exact) mass is 299 g/mol. The number of primary amides is 1. The highest BCUT2D eigenvalue weighted by Crippen LogP contribution is 2.36. The topological polar surface area (TPSA) is 85.9 Å². The van der Waals surface area contributed by atoms with Gasteiger partial charge in [-0.15, -0.1) is 0 Å². The van der Waals surface area contributed by atoms with Crippen LogP contribution < -0.4 is 20.6 Å². The number of urea groups is 1. The maximum Gasteiger partial charge on any atom is 0.332 e. The van der Waals surface area contributed by atoms with Crippen LogP contribution in [-0.4, -0.2) is 25.5 Å². The third-order valence-corrected chi connectivity index (χ3v) is 2.45. The van der Waals surface area contributed by atoms with Gasteiger partial charge in [0.05, 0.1) is 24.5 Å². The number of carbonyl (C=O) groups is 1. The van der Waals surface area contributed by atoms with Crippen molar-refractivity contribution >= 4 is 23.8 Å². The van der Waals surface area contributed by atoms with Gasteiger partial charge in [-0.3, -0.25) is 0 Å². The van der Waals surface area contributed by atoms with Crippen molar-refractivity contribution in [3.63, 3.8) is 0 Å². The molecule has 110 valence electrons. The van der Waals surface area contributed by atoms with Crippen LogP contribution in [0.2, 0.25) is 5.02 Å². The van der Waals surface area contributed by atoms with Crippen molar-refractivity contribution in [2.75, 3.05) is 13.2 Å². The minimum atomic E-state index is -0.736. The van der Waals surface area contributed by atoms with Gasteiger partial charge in [0.15, 0.2) is 11.5 Å². The van der Waals surface area contributed by atoms with E-state index in [1.54, 1.807) is 12.1 Å². The summed E-state index contributed by atoms with van der Waals surface area (Å²) < 4.78 is 11.1. The molecule has 0 atom stereocenters. The molecule has 3 N–H and O–H groups in total. The van der Waals surface area contributed by atoms with Gasteiger partial charge in [0.2, 0.25) is 0 Å². The number of halogens is 1. The predicted octanol–water partition coefficient (Wildman–Crippen LogP) is 2.53. The lowest BCUT2D eigenvalue weighted by molar-refractivity contribution is 0.249. The average Bonchev–Trinajstić information content (AvgIpc) is 2.38. The summed E-state index contributed by atoms with van der Waals surface area (Å²) in [5.74, 6) is 1.05. The lowest BCUT2D eigenvalue weighted by Crippen LogP contribution is -2.24. The molecule has 0 spiro atoms. The summed E-state index contributed by atoms with van der Waals surface area (Å²) in [4.78, 5) is 10.5. The first-order chi connectivity index (χ1) is 9.58. The molecule has 0 aliphatic heterocycles. The van der Waals surface area contributed by atoms with Crippen molar-refractivity contribution in [3.05, 3.63) is 22.7 Å². The maximum absolute atomic E-state index is 10.5. The van der Waals surface area contributed by atoms with Crippen LogP contribution in [0.1, 0.15) is 25.8 Å². The van der Waals surface area contributed by atoms with E-state index in [1.807, 2.05) is 13.8 Å². The van der Waals surface area contributed by atoms with Gasteiger partial charge in [0.1, 0.15) is 0 Å². The molecule has 0 saturated heterocycles. The van der Waals surface area contributed by atoms with Crippen molar-refractivity contribution in [2.45, 2.75) is 20.3 Å². The molecule has 0 radical (unpaired) electrons. The summed E-state index contributed by atoms with van der Waals surface area (Å²) in [6.07, 6.45) is 2.29. The molecular formula is C13H18ClN3O3. The van der Waals surface area contributed by atoms with Crippen molar-refractivity contribution in [3.8, 4) is 11.5 Å². The SMILES string of the molecule is CCCOc1c(Cl)cc(/C=N/NC(N)=O)cc1OCC. The Balaban J connectivity index is 2.99. The van der Waals surface area contributed by atoms with Crippen LogP contribution in [-0.2, 0) is 0 Å². The van der Waals surface area contributed by atoms with Crippen molar-refractivity contribution < 1.29 is 14.3 Å². The number of nitrogens with two attached hydrogens (primary N) is 1. The Kier molecular flexibility index (Phi) is 6.66. The van der Waals surface area contributed by atoms with Crippen molar-refractivity contribution in [1.82, 2.24) is 5.43 Å². The predicted molar refractivity (Wildman–Crippen MR) is 78.7 cm³/mol. The first-order valence-electron chi connectivity index (χ1n) is 6.26. The van der Waals surface area contributed by atoms with E-state index in [0.29, 0.717) is 35.3 Å². The summed E-state index contributed by atoms with van der Waals surface area (Å²) in [7, 11) is 0. The molecule has 1 aromatic carbocycles. The average molecular weight is 300 g/mol. The van der Waals surface area contributed by atoms with Crippen molar-refractivity contribution in [1.29, 1.82) is 0 Å². The fraction of sp³-hybridized carbons (Fsp3) is 0.385. The van der Waals surface area contributed by atoms with Crippen LogP contribution >= 0.6 is 11.6 Å². The third kappa shape index (κ3) is 4.97. The van der Waals surface area contributed by atoms with Gasteiger partial charge in [-0.25, -0.2) is 10.2 Å². The number of carbonyl (C=O) groups excluding carboxylic acids is 1. The van der Waals surface area contributed by atoms with Crippen LogP contribution in [0.3, 0.4) is 0 Å². The van der Waals surface area contributed by atoms with E-state index in [9.17, 15) is 4.79 Å². The summed E-state index contributed by atoms with van der Waals surface area (Å²) in [5.41, 5.74) is 7.68. The Morgan fingerprint density at radius 1 is 1.45 bits per heavy atom. The highest BCUT2D eigenvalue weighted by atomic mass is 35.5. The van der Waals surface area contributed by atoms with E-state index < -0.39 is 6.03 Å². The molecule has 6 nitrogen and oxygen atoms in total. The lowest BCUT2D eigenvalue weighted by atomic mass is 10.2. The number of hydrogen-bond acceptors (Lipinski definition) is 4. The number of hydrogen-bond donors (Lipinski definition) is 2. The van der Waals surface area contributed by atoms with E-state index in [1.165, 1.54) is 6.21 Å². The molecule has 7 heteroatoms. The van der Waals surface area contributed by atoms with E-state index in [-0.39, 0.29) is 0 Å². The van der Waals surface area contributed by atoms with Gasteiger partial charge in [0, 0.05) is 0 Å². The van der Waals surface area contributed by atoms with Gasteiger partial charge in [0.25, 0.3) is 0 Å². The zero-order valence-electron chi connectivity index (χ0n) is 11.5. The molecule has 1 rings (SSSR count). The molecule has 0 saturated carbocycles. The van der Waals surface area contributed by atoms with Crippen LogP contribution in [0.15, 0.2) is 17.2 Å². The van der Waals surface area contributed by atoms with E-state index >= 15 is 0 Å². The first-order valence-corrected chi connectivity index (χ1v) is 6.63. The number of nitrogens with zero attached hydrogens (tertiary/aromatic N) is 1. The zero-order chi connectivity index (χ0) is 15.0. The Bertz CT molecular complexity index is 492. The second kappa shape index (κ2) is 8.27. The molecule has 1 aromatic rings. The molecule has 20 heavy (non-hydrogen) atoms. The number of benzene rings is 1. The van der Waals surface area contributed by atoms with Gasteiger partial charge in [-0.1, -0.05) is 18.5 Å². The van der Waals surface area contributed by atoms with Gasteiger partial charge >= 0.3 is 6.03 Å². The first kappa shape index (κ1) is 16.1. The molecule has 0 heterocycles. The normalized spacial score (nSPS) is 10.6. The third-order valence-electron chi connectivity index (χ3n) is 2.17. The molecule has 0 bridgehead atoms. The summed E-state index contributed by atoms with van der Waals surface area (Å²) in [6, 6.07) is 2.66. The van der Waals surface area contributed by atoms with E-state index in [4.69, 9.17) is 26.8 Å². The standard InChI is InChI=1S/C13H18ClN3O3/c1-3-5-20-12-10(14)6-9(7-11(12)19-4-2)8-16-17-13(15)18/h6-8H,3-5H2,1-2H3,(H3,15,17,18)/b16-8+. The van der Waals surface area contributed by atoms with Crippen LogP contribution in [0.4, 0.5) is 4.79 Å². The van der Waals surface area contributed by atoms with Gasteiger partial charge < -0.3 is 15.2 Å². The van der Waals surface area contributed by atoms with Crippen LogP contribution in [0.25, 0.3) is 0 Å². The fourth-order valence-corrected chi connectivity index (χ4v) is 1.71. The highest BCUT2D eigenvalue weighted by molar-refractivity contribution is 6.32. The smallest absolute Gasteiger partial charge is 0.332 e. The minimum absolute atomic E-state index is 0.421. The molecule has 0 unspecified atom stereocenters. The van der Waals surface area contributed by atoms with Crippen LogP contribution in [0, 0.1) is 0 Å². The quantitative estimate of drug-likeness (QED) is 0.599. The number of rotatable bonds is 7. The Hall–Kier alpha value is -1.95. The molecular weight excluding hydrogens is 282 g/mol. The van der Waals surface area contributed by atoms with Gasteiger partial charge in [-0.2, -0.15) is 5.10 Å². The lowest BCUT2D eigenvalue weighted by Gasteiger charge is -2.13. The zero-order valence-corrected chi connectivity index (χ0v) is 12.2. The molecule has 2 amide bonds. The van der Waals surface area contributed by atoms with Gasteiger partial charge in [-0.05, 0) is 31.0 Å². The Labute approximate surface area is 122 Å². The summed E-state index contributed by atoms with van der Waals surface area (Å²) in [6.45, 7) is 4.91. The summed E-state index contributed by atoms with van der Waals surface area (Å²) >= 11 is 6.17. The highest BCUT2D eigenvalue weighted by Gasteiger charge is 2.11. The Morgan fingerprint density at radius 2 is 2.20 bits per heavy atom. The fourth-order valence-electron chi connectivity index (χ4n) is 1.44. The number of hydrazone groups is 1.